The average molecular weight is 249 g/mol. The lowest BCUT2D eigenvalue weighted by Gasteiger charge is -2.36. The van der Waals surface area contributed by atoms with E-state index in [4.69, 9.17) is 0 Å². The Morgan fingerprint density at radius 1 is 1.41 bits per heavy atom. The van der Waals surface area contributed by atoms with Crippen LogP contribution in [0, 0.1) is 0 Å². The largest absolute Gasteiger partial charge is 0.479 e. The van der Waals surface area contributed by atoms with Crippen LogP contribution in [0.2, 0.25) is 0 Å². The Labute approximate surface area is 105 Å². The third-order valence-corrected chi connectivity index (χ3v) is 4.98. The van der Waals surface area contributed by atoms with Gasteiger partial charge >= 0.3 is 5.97 Å². The molecule has 0 saturated carbocycles. The fourth-order valence-corrected chi connectivity index (χ4v) is 4.22. The SMILES string of the molecule is O=C(O)C1(N2CCc3ccccc32)CCSC1. The Balaban J connectivity index is 2.02. The maximum atomic E-state index is 11.7. The van der Waals surface area contributed by atoms with E-state index in [2.05, 4.69) is 17.0 Å². The van der Waals surface area contributed by atoms with Crippen molar-refractivity contribution in [3.05, 3.63) is 29.8 Å². The molecule has 0 bridgehead atoms. The zero-order valence-corrected chi connectivity index (χ0v) is 10.4. The lowest BCUT2D eigenvalue weighted by atomic mass is 9.96. The summed E-state index contributed by atoms with van der Waals surface area (Å²) >= 11 is 1.75. The van der Waals surface area contributed by atoms with Gasteiger partial charge in [-0.2, -0.15) is 11.8 Å². The van der Waals surface area contributed by atoms with Crippen molar-refractivity contribution in [1.82, 2.24) is 0 Å². The van der Waals surface area contributed by atoms with E-state index in [9.17, 15) is 9.90 Å². The lowest BCUT2D eigenvalue weighted by Crippen LogP contribution is -2.54. The molecule has 17 heavy (non-hydrogen) atoms. The maximum absolute atomic E-state index is 11.7. The molecule has 4 heteroatoms. The number of nitrogens with zero attached hydrogens (tertiary/aromatic N) is 1. The highest BCUT2D eigenvalue weighted by Crippen LogP contribution is 2.41. The first-order valence-corrected chi connectivity index (χ1v) is 7.06. The molecular formula is C13H15NO2S. The number of carbonyl (C=O) groups is 1. The van der Waals surface area contributed by atoms with Crippen LogP contribution < -0.4 is 4.90 Å². The predicted molar refractivity (Wildman–Crippen MR) is 69.8 cm³/mol. The lowest BCUT2D eigenvalue weighted by molar-refractivity contribution is -0.142. The van der Waals surface area contributed by atoms with Gasteiger partial charge in [0.05, 0.1) is 0 Å². The number of carboxylic acids is 1. The summed E-state index contributed by atoms with van der Waals surface area (Å²) in [5.74, 6) is 0.987. The predicted octanol–water partition coefficient (Wildman–Crippen LogP) is 2.01. The van der Waals surface area contributed by atoms with Gasteiger partial charge in [-0.25, -0.2) is 4.79 Å². The molecule has 1 saturated heterocycles. The number of aliphatic carboxylic acids is 1. The molecule has 1 aromatic rings. The molecule has 3 rings (SSSR count). The van der Waals surface area contributed by atoms with Crippen LogP contribution in [0.1, 0.15) is 12.0 Å². The Morgan fingerprint density at radius 2 is 2.24 bits per heavy atom. The fraction of sp³-hybridized carbons (Fsp3) is 0.462. The zero-order chi connectivity index (χ0) is 11.9. The third-order valence-electron chi connectivity index (χ3n) is 3.80. The topological polar surface area (TPSA) is 40.5 Å². The normalized spacial score (nSPS) is 27.2. The summed E-state index contributed by atoms with van der Waals surface area (Å²) in [5.41, 5.74) is 1.74. The van der Waals surface area contributed by atoms with Crippen molar-refractivity contribution in [2.24, 2.45) is 0 Å². The number of hydrogen-bond donors (Lipinski definition) is 1. The molecule has 2 heterocycles. The van der Waals surface area contributed by atoms with Crippen LogP contribution in [0.5, 0.6) is 0 Å². The number of para-hydroxylation sites is 1. The minimum Gasteiger partial charge on any atom is -0.479 e. The summed E-state index contributed by atoms with van der Waals surface area (Å²) in [7, 11) is 0. The van der Waals surface area contributed by atoms with Gasteiger partial charge in [-0.05, 0) is 30.2 Å². The summed E-state index contributed by atoms with van der Waals surface area (Å²) in [6.45, 7) is 0.839. The highest BCUT2D eigenvalue weighted by molar-refractivity contribution is 7.99. The van der Waals surface area contributed by atoms with Gasteiger partial charge in [0, 0.05) is 18.0 Å². The molecule has 0 radical (unpaired) electrons. The second-order valence-electron chi connectivity index (χ2n) is 4.67. The Hall–Kier alpha value is -1.16. The number of rotatable bonds is 2. The molecule has 0 aliphatic carbocycles. The molecule has 1 atom stereocenters. The molecule has 0 aromatic heterocycles. The molecular weight excluding hydrogens is 234 g/mol. The monoisotopic (exact) mass is 249 g/mol. The van der Waals surface area contributed by atoms with Crippen molar-refractivity contribution in [1.29, 1.82) is 0 Å². The fourth-order valence-electron chi connectivity index (χ4n) is 2.83. The van der Waals surface area contributed by atoms with Gasteiger partial charge < -0.3 is 10.0 Å². The van der Waals surface area contributed by atoms with Crippen LogP contribution >= 0.6 is 11.8 Å². The van der Waals surface area contributed by atoms with Crippen LogP contribution in [-0.4, -0.2) is 34.7 Å². The maximum Gasteiger partial charge on any atom is 0.330 e. The summed E-state index contributed by atoms with van der Waals surface area (Å²) in [5, 5.41) is 9.59. The van der Waals surface area contributed by atoms with Crippen LogP contribution in [0.3, 0.4) is 0 Å². The number of benzene rings is 1. The molecule has 0 spiro atoms. The van der Waals surface area contributed by atoms with Gasteiger partial charge in [0.1, 0.15) is 5.54 Å². The van der Waals surface area contributed by atoms with Gasteiger partial charge in [0.2, 0.25) is 0 Å². The number of carboxylic acid groups (broad SMARTS) is 1. The number of hydrogen-bond acceptors (Lipinski definition) is 3. The van der Waals surface area contributed by atoms with E-state index in [0.29, 0.717) is 5.75 Å². The smallest absolute Gasteiger partial charge is 0.330 e. The molecule has 2 aliphatic rings. The van der Waals surface area contributed by atoms with E-state index in [1.54, 1.807) is 11.8 Å². The molecule has 1 unspecified atom stereocenters. The molecule has 2 aliphatic heterocycles. The van der Waals surface area contributed by atoms with E-state index in [0.717, 1.165) is 30.8 Å². The quantitative estimate of drug-likeness (QED) is 0.870. The second-order valence-corrected chi connectivity index (χ2v) is 5.77. The van der Waals surface area contributed by atoms with Gasteiger partial charge in [-0.1, -0.05) is 18.2 Å². The van der Waals surface area contributed by atoms with Crippen molar-refractivity contribution in [3.63, 3.8) is 0 Å². The number of thioether (sulfide) groups is 1. The molecule has 1 N–H and O–H groups in total. The first-order chi connectivity index (χ1) is 8.24. The Kier molecular flexibility index (Phi) is 2.54. The molecule has 0 amide bonds. The molecule has 90 valence electrons. The van der Waals surface area contributed by atoms with Gasteiger partial charge in [-0.3, -0.25) is 0 Å². The summed E-state index contributed by atoms with van der Waals surface area (Å²) in [4.78, 5) is 13.8. The van der Waals surface area contributed by atoms with Crippen molar-refractivity contribution in [2.45, 2.75) is 18.4 Å². The summed E-state index contributed by atoms with van der Waals surface area (Å²) < 4.78 is 0. The van der Waals surface area contributed by atoms with E-state index < -0.39 is 11.5 Å². The number of fused-ring (bicyclic) bond motifs is 1. The Morgan fingerprint density at radius 3 is 2.94 bits per heavy atom. The van der Waals surface area contributed by atoms with Crippen LogP contribution in [0.15, 0.2) is 24.3 Å². The van der Waals surface area contributed by atoms with Gasteiger partial charge in [0.25, 0.3) is 0 Å². The Bertz CT molecular complexity index is 454. The van der Waals surface area contributed by atoms with Crippen molar-refractivity contribution < 1.29 is 9.90 Å². The third kappa shape index (κ3) is 1.54. The first-order valence-electron chi connectivity index (χ1n) is 5.91. The molecule has 3 nitrogen and oxygen atoms in total. The molecule has 1 fully saturated rings. The zero-order valence-electron chi connectivity index (χ0n) is 9.56. The number of anilines is 1. The highest BCUT2D eigenvalue weighted by Gasteiger charge is 2.48. The van der Waals surface area contributed by atoms with Crippen LogP contribution in [0.25, 0.3) is 0 Å². The van der Waals surface area contributed by atoms with Gasteiger partial charge in [0.15, 0.2) is 0 Å². The van der Waals surface area contributed by atoms with E-state index in [-0.39, 0.29) is 0 Å². The van der Waals surface area contributed by atoms with Crippen molar-refractivity contribution in [2.75, 3.05) is 23.0 Å². The summed E-state index contributed by atoms with van der Waals surface area (Å²) in [6.07, 6.45) is 1.72. The van der Waals surface area contributed by atoms with Crippen LogP contribution in [-0.2, 0) is 11.2 Å². The standard InChI is InChI=1S/C13H15NO2S/c15-12(16)13(6-8-17-9-13)14-7-5-10-3-1-2-4-11(10)14/h1-4H,5-9H2,(H,15,16). The second kappa shape index (κ2) is 3.95. The molecule has 1 aromatic carbocycles. The van der Waals surface area contributed by atoms with Crippen LogP contribution in [0.4, 0.5) is 5.69 Å². The van der Waals surface area contributed by atoms with E-state index >= 15 is 0 Å². The van der Waals surface area contributed by atoms with Crippen molar-refractivity contribution in [3.8, 4) is 0 Å². The van der Waals surface area contributed by atoms with E-state index in [1.807, 2.05) is 12.1 Å². The van der Waals surface area contributed by atoms with E-state index in [1.165, 1.54) is 5.56 Å². The summed E-state index contributed by atoms with van der Waals surface area (Å²) in [6, 6.07) is 8.18. The average Bonchev–Trinajstić information content (AvgIpc) is 2.95. The minimum atomic E-state index is -0.669. The highest BCUT2D eigenvalue weighted by atomic mass is 32.2. The first kappa shape index (κ1) is 11.0. The van der Waals surface area contributed by atoms with Gasteiger partial charge in [-0.15, -0.1) is 0 Å². The van der Waals surface area contributed by atoms with Crippen molar-refractivity contribution >= 4 is 23.4 Å². The minimum absolute atomic E-state index is 0.667.